The largest absolute Gasteiger partial charge is 0.487 e. The Kier molecular flexibility index (Phi) is 3.25. The van der Waals surface area contributed by atoms with Gasteiger partial charge < -0.3 is 4.74 Å². The standard InChI is InChI=1S/C18H19ClO/c1-4-12-5-7-13(8-6-12)16-10-15(19)9-14-11-18(2,3)20-17(14)16/h5-10H,4,11H2,1-3H3. The van der Waals surface area contributed by atoms with Crippen LogP contribution in [0.15, 0.2) is 36.4 Å². The number of hydrogen-bond acceptors (Lipinski definition) is 1. The number of hydrogen-bond donors (Lipinski definition) is 0. The first-order chi connectivity index (χ1) is 9.48. The molecule has 0 unspecified atom stereocenters. The van der Waals surface area contributed by atoms with Gasteiger partial charge >= 0.3 is 0 Å². The highest BCUT2D eigenvalue weighted by atomic mass is 35.5. The monoisotopic (exact) mass is 286 g/mol. The molecule has 2 aromatic carbocycles. The molecule has 0 saturated carbocycles. The van der Waals surface area contributed by atoms with E-state index in [9.17, 15) is 0 Å². The second-order valence-electron chi connectivity index (χ2n) is 6.03. The summed E-state index contributed by atoms with van der Waals surface area (Å²) in [6.45, 7) is 6.40. The summed E-state index contributed by atoms with van der Waals surface area (Å²) in [6.07, 6.45) is 1.96. The summed E-state index contributed by atoms with van der Waals surface area (Å²) in [5.41, 5.74) is 4.66. The molecule has 2 aromatic rings. The van der Waals surface area contributed by atoms with Gasteiger partial charge in [0.2, 0.25) is 0 Å². The summed E-state index contributed by atoms with van der Waals surface area (Å²) in [4.78, 5) is 0. The molecule has 20 heavy (non-hydrogen) atoms. The molecule has 0 bridgehead atoms. The summed E-state index contributed by atoms with van der Waals surface area (Å²) in [5.74, 6) is 0.989. The SMILES string of the molecule is CCc1ccc(-c2cc(Cl)cc3c2OC(C)(C)C3)cc1. The van der Waals surface area contributed by atoms with Crippen LogP contribution in [-0.4, -0.2) is 5.60 Å². The van der Waals surface area contributed by atoms with E-state index in [2.05, 4.69) is 45.0 Å². The van der Waals surface area contributed by atoms with E-state index >= 15 is 0 Å². The lowest BCUT2D eigenvalue weighted by Gasteiger charge is -2.18. The smallest absolute Gasteiger partial charge is 0.131 e. The van der Waals surface area contributed by atoms with Crippen molar-refractivity contribution < 1.29 is 4.74 Å². The van der Waals surface area contributed by atoms with Crippen molar-refractivity contribution >= 4 is 11.6 Å². The summed E-state index contributed by atoms with van der Waals surface area (Å²) < 4.78 is 6.13. The van der Waals surface area contributed by atoms with Crippen molar-refractivity contribution in [3.05, 3.63) is 52.5 Å². The molecule has 0 radical (unpaired) electrons. The van der Waals surface area contributed by atoms with Gasteiger partial charge in [-0.25, -0.2) is 0 Å². The summed E-state index contributed by atoms with van der Waals surface area (Å²) in [7, 11) is 0. The van der Waals surface area contributed by atoms with Crippen LogP contribution in [0.5, 0.6) is 5.75 Å². The maximum Gasteiger partial charge on any atom is 0.131 e. The molecule has 0 atom stereocenters. The van der Waals surface area contributed by atoms with Gasteiger partial charge in [-0.05, 0) is 43.5 Å². The first kappa shape index (κ1) is 13.5. The van der Waals surface area contributed by atoms with Crippen molar-refractivity contribution in [2.24, 2.45) is 0 Å². The van der Waals surface area contributed by atoms with E-state index < -0.39 is 0 Å². The van der Waals surface area contributed by atoms with Crippen molar-refractivity contribution in [3.8, 4) is 16.9 Å². The van der Waals surface area contributed by atoms with Gasteiger partial charge in [0.15, 0.2) is 0 Å². The topological polar surface area (TPSA) is 9.23 Å². The number of halogens is 1. The molecule has 0 aromatic heterocycles. The Morgan fingerprint density at radius 2 is 1.85 bits per heavy atom. The van der Waals surface area contributed by atoms with Crippen LogP contribution >= 0.6 is 11.6 Å². The Labute approximate surface area is 125 Å². The van der Waals surface area contributed by atoms with Crippen molar-refractivity contribution in [3.63, 3.8) is 0 Å². The van der Waals surface area contributed by atoms with Crippen molar-refractivity contribution in [2.45, 2.75) is 39.2 Å². The van der Waals surface area contributed by atoms with E-state index in [1.165, 1.54) is 16.7 Å². The molecule has 2 heteroatoms. The highest BCUT2D eigenvalue weighted by Crippen LogP contribution is 2.44. The zero-order valence-electron chi connectivity index (χ0n) is 12.2. The molecular formula is C18H19ClO. The predicted molar refractivity (Wildman–Crippen MR) is 84.7 cm³/mol. The number of rotatable bonds is 2. The van der Waals surface area contributed by atoms with Crippen LogP contribution in [0.3, 0.4) is 0 Å². The molecule has 0 aliphatic carbocycles. The van der Waals surface area contributed by atoms with Crippen molar-refractivity contribution in [1.82, 2.24) is 0 Å². The van der Waals surface area contributed by atoms with Gasteiger partial charge in [0.05, 0.1) is 0 Å². The third-order valence-corrected chi connectivity index (χ3v) is 4.02. The van der Waals surface area contributed by atoms with Crippen molar-refractivity contribution in [1.29, 1.82) is 0 Å². The number of benzene rings is 2. The molecule has 0 spiro atoms. The number of ether oxygens (including phenoxy) is 1. The molecule has 0 saturated heterocycles. The number of aryl methyl sites for hydroxylation is 1. The molecule has 104 valence electrons. The van der Waals surface area contributed by atoms with E-state index in [4.69, 9.17) is 16.3 Å². The highest BCUT2D eigenvalue weighted by molar-refractivity contribution is 6.31. The van der Waals surface area contributed by atoms with Crippen LogP contribution in [0.1, 0.15) is 31.9 Å². The van der Waals surface area contributed by atoms with Gasteiger partial charge in [0.1, 0.15) is 11.4 Å². The second-order valence-corrected chi connectivity index (χ2v) is 6.47. The number of fused-ring (bicyclic) bond motifs is 1. The first-order valence-electron chi connectivity index (χ1n) is 7.09. The Balaban J connectivity index is 2.10. The molecule has 1 heterocycles. The highest BCUT2D eigenvalue weighted by Gasteiger charge is 2.32. The average Bonchev–Trinajstić information content (AvgIpc) is 2.72. The Bertz CT molecular complexity index is 641. The summed E-state index contributed by atoms with van der Waals surface area (Å²) in [6, 6.07) is 12.7. The zero-order chi connectivity index (χ0) is 14.3. The minimum absolute atomic E-state index is 0.148. The Morgan fingerprint density at radius 1 is 1.15 bits per heavy atom. The molecule has 3 rings (SSSR count). The lowest BCUT2D eigenvalue weighted by atomic mass is 9.97. The first-order valence-corrected chi connectivity index (χ1v) is 7.47. The van der Waals surface area contributed by atoms with Gasteiger partial charge in [0.25, 0.3) is 0 Å². The average molecular weight is 287 g/mol. The normalized spacial score (nSPS) is 15.8. The quantitative estimate of drug-likeness (QED) is 0.729. The Morgan fingerprint density at radius 3 is 2.50 bits per heavy atom. The van der Waals surface area contributed by atoms with Crippen LogP contribution in [-0.2, 0) is 12.8 Å². The predicted octanol–water partition coefficient (Wildman–Crippen LogP) is 5.28. The molecule has 0 N–H and O–H groups in total. The molecular weight excluding hydrogens is 268 g/mol. The molecule has 1 aliphatic heterocycles. The van der Waals surface area contributed by atoms with Gasteiger partial charge in [-0.15, -0.1) is 0 Å². The lowest BCUT2D eigenvalue weighted by molar-refractivity contribution is 0.139. The Hall–Kier alpha value is -1.47. The van der Waals surface area contributed by atoms with Gasteiger partial charge in [-0.3, -0.25) is 0 Å². The second kappa shape index (κ2) is 4.82. The van der Waals surface area contributed by atoms with Crippen LogP contribution < -0.4 is 4.74 Å². The van der Waals surface area contributed by atoms with E-state index in [-0.39, 0.29) is 5.60 Å². The minimum atomic E-state index is -0.148. The molecule has 1 nitrogen and oxygen atoms in total. The molecule has 1 aliphatic rings. The van der Waals surface area contributed by atoms with Gasteiger partial charge in [-0.1, -0.05) is 42.8 Å². The fraction of sp³-hybridized carbons (Fsp3) is 0.333. The van der Waals surface area contributed by atoms with E-state index in [1.54, 1.807) is 0 Å². The van der Waals surface area contributed by atoms with Gasteiger partial charge in [-0.2, -0.15) is 0 Å². The fourth-order valence-electron chi connectivity index (χ4n) is 2.81. The molecule has 0 fully saturated rings. The zero-order valence-corrected chi connectivity index (χ0v) is 12.9. The summed E-state index contributed by atoms with van der Waals surface area (Å²) in [5, 5.41) is 0.777. The van der Waals surface area contributed by atoms with E-state index in [1.807, 2.05) is 12.1 Å². The lowest BCUT2D eigenvalue weighted by Crippen LogP contribution is -2.24. The van der Waals surface area contributed by atoms with E-state index in [0.29, 0.717) is 0 Å². The van der Waals surface area contributed by atoms with Crippen LogP contribution in [0, 0.1) is 0 Å². The van der Waals surface area contributed by atoms with Gasteiger partial charge in [0, 0.05) is 22.6 Å². The van der Waals surface area contributed by atoms with Crippen molar-refractivity contribution in [2.75, 3.05) is 0 Å². The van der Waals surface area contributed by atoms with Crippen LogP contribution in [0.4, 0.5) is 0 Å². The van der Waals surface area contributed by atoms with Crippen LogP contribution in [0.25, 0.3) is 11.1 Å². The maximum atomic E-state index is 6.27. The summed E-state index contributed by atoms with van der Waals surface area (Å²) >= 11 is 6.27. The minimum Gasteiger partial charge on any atom is -0.487 e. The van der Waals surface area contributed by atoms with E-state index in [0.717, 1.165) is 29.2 Å². The third kappa shape index (κ3) is 2.43. The van der Waals surface area contributed by atoms with Crippen LogP contribution in [0.2, 0.25) is 5.02 Å². The maximum absolute atomic E-state index is 6.27. The third-order valence-electron chi connectivity index (χ3n) is 3.80. The molecule has 0 amide bonds. The fourth-order valence-corrected chi connectivity index (χ4v) is 3.05.